The average Bonchev–Trinajstić information content (AvgIpc) is 2.67. The Morgan fingerprint density at radius 2 is 2.08 bits per heavy atom. The second-order valence-corrected chi connectivity index (χ2v) is 6.34. The van der Waals surface area contributed by atoms with Crippen LogP contribution in [-0.4, -0.2) is 39.7 Å². The van der Waals surface area contributed by atoms with Crippen molar-refractivity contribution in [2.24, 2.45) is 5.92 Å². The number of aliphatic hydroxyl groups excluding tert-OH is 1. The molecule has 1 aliphatic heterocycles. The summed E-state index contributed by atoms with van der Waals surface area (Å²) < 4.78 is 0. The first-order valence-corrected chi connectivity index (χ1v) is 8.59. The Kier molecular flexibility index (Phi) is 5.23. The summed E-state index contributed by atoms with van der Waals surface area (Å²) >= 11 is 0. The number of anilines is 1. The van der Waals surface area contributed by atoms with Crippen LogP contribution in [0.15, 0.2) is 30.3 Å². The van der Waals surface area contributed by atoms with Crippen molar-refractivity contribution >= 4 is 11.5 Å². The molecule has 7 heteroatoms. The molecule has 0 radical (unpaired) electrons. The van der Waals surface area contributed by atoms with Crippen molar-refractivity contribution in [3.05, 3.63) is 46.1 Å². The molecule has 7 nitrogen and oxygen atoms in total. The highest BCUT2D eigenvalue weighted by molar-refractivity contribution is 5.60. The third-order valence-electron chi connectivity index (χ3n) is 4.57. The molecule has 132 valence electrons. The van der Waals surface area contributed by atoms with Gasteiger partial charge in [-0.05, 0) is 37.3 Å². The third-order valence-corrected chi connectivity index (χ3v) is 4.57. The fraction of sp³-hybridized carbons (Fsp3) is 0.444. The van der Waals surface area contributed by atoms with E-state index in [1.165, 1.54) is 12.1 Å². The van der Waals surface area contributed by atoms with Crippen LogP contribution >= 0.6 is 0 Å². The Hall–Kier alpha value is -2.54. The minimum Gasteiger partial charge on any atom is -0.396 e. The average molecular weight is 342 g/mol. The summed E-state index contributed by atoms with van der Waals surface area (Å²) in [6.45, 7) is 3.93. The largest absolute Gasteiger partial charge is 0.396 e. The van der Waals surface area contributed by atoms with E-state index in [9.17, 15) is 15.2 Å². The zero-order valence-electron chi connectivity index (χ0n) is 14.3. The SMILES string of the molecule is CCc1cc(N2CCCC(CO)C2)nc(-c2ccc([N+](=O)[O-])cc2)n1. The van der Waals surface area contributed by atoms with E-state index in [1.807, 2.05) is 13.0 Å². The molecule has 0 spiro atoms. The monoisotopic (exact) mass is 342 g/mol. The van der Waals surface area contributed by atoms with Crippen LogP contribution in [0, 0.1) is 16.0 Å². The lowest BCUT2D eigenvalue weighted by atomic mass is 9.99. The molecule has 2 aromatic rings. The lowest BCUT2D eigenvalue weighted by Gasteiger charge is -2.33. The van der Waals surface area contributed by atoms with Crippen LogP contribution in [0.25, 0.3) is 11.4 Å². The summed E-state index contributed by atoms with van der Waals surface area (Å²) in [6, 6.07) is 8.31. The molecular formula is C18H22N4O3. The maximum Gasteiger partial charge on any atom is 0.269 e. The molecule has 0 bridgehead atoms. The molecule has 1 saturated heterocycles. The number of nitro benzene ring substituents is 1. The minimum absolute atomic E-state index is 0.0532. The summed E-state index contributed by atoms with van der Waals surface area (Å²) in [5.74, 6) is 1.71. The van der Waals surface area contributed by atoms with Gasteiger partial charge in [0, 0.05) is 49.2 Å². The van der Waals surface area contributed by atoms with E-state index < -0.39 is 4.92 Å². The highest BCUT2D eigenvalue weighted by atomic mass is 16.6. The van der Waals surface area contributed by atoms with E-state index in [4.69, 9.17) is 0 Å². The molecular weight excluding hydrogens is 320 g/mol. The normalized spacial score (nSPS) is 17.5. The van der Waals surface area contributed by atoms with E-state index in [2.05, 4.69) is 14.9 Å². The van der Waals surface area contributed by atoms with Crippen LogP contribution in [0.4, 0.5) is 11.5 Å². The lowest BCUT2D eigenvalue weighted by Crippen LogP contribution is -2.37. The van der Waals surface area contributed by atoms with Gasteiger partial charge in [-0.15, -0.1) is 0 Å². The Morgan fingerprint density at radius 3 is 2.72 bits per heavy atom. The Labute approximate surface area is 146 Å². The maximum atomic E-state index is 10.8. The fourth-order valence-electron chi connectivity index (χ4n) is 3.11. The van der Waals surface area contributed by atoms with Gasteiger partial charge in [0.1, 0.15) is 5.82 Å². The van der Waals surface area contributed by atoms with Crippen molar-refractivity contribution in [2.45, 2.75) is 26.2 Å². The predicted molar refractivity (Wildman–Crippen MR) is 95.5 cm³/mol. The number of non-ortho nitro benzene ring substituents is 1. The molecule has 0 aliphatic carbocycles. The van der Waals surface area contributed by atoms with Crippen LogP contribution in [0.2, 0.25) is 0 Å². The van der Waals surface area contributed by atoms with Crippen LogP contribution in [0.3, 0.4) is 0 Å². The van der Waals surface area contributed by atoms with Crippen molar-refractivity contribution in [3.8, 4) is 11.4 Å². The Balaban J connectivity index is 1.93. The van der Waals surface area contributed by atoms with Gasteiger partial charge >= 0.3 is 0 Å². The van der Waals surface area contributed by atoms with Gasteiger partial charge in [0.15, 0.2) is 5.82 Å². The smallest absolute Gasteiger partial charge is 0.269 e. The van der Waals surface area contributed by atoms with Gasteiger partial charge in [0.2, 0.25) is 0 Å². The van der Waals surface area contributed by atoms with Crippen molar-refractivity contribution in [1.82, 2.24) is 9.97 Å². The van der Waals surface area contributed by atoms with Gasteiger partial charge in [-0.3, -0.25) is 10.1 Å². The quantitative estimate of drug-likeness (QED) is 0.663. The van der Waals surface area contributed by atoms with Crippen LogP contribution < -0.4 is 4.90 Å². The number of piperidine rings is 1. The molecule has 0 saturated carbocycles. The number of nitro groups is 1. The molecule has 2 heterocycles. The molecule has 25 heavy (non-hydrogen) atoms. The zero-order valence-corrected chi connectivity index (χ0v) is 14.3. The third kappa shape index (κ3) is 3.93. The van der Waals surface area contributed by atoms with Gasteiger partial charge in [-0.25, -0.2) is 9.97 Å². The van der Waals surface area contributed by atoms with Crippen LogP contribution in [0.1, 0.15) is 25.5 Å². The summed E-state index contributed by atoms with van der Waals surface area (Å²) in [7, 11) is 0. The van der Waals surface area contributed by atoms with Gasteiger partial charge < -0.3 is 10.0 Å². The number of nitrogens with zero attached hydrogens (tertiary/aromatic N) is 4. The van der Waals surface area contributed by atoms with Gasteiger partial charge in [-0.1, -0.05) is 6.92 Å². The zero-order chi connectivity index (χ0) is 17.8. The van der Waals surface area contributed by atoms with Gasteiger partial charge in [0.05, 0.1) is 4.92 Å². The maximum absolute atomic E-state index is 10.8. The van der Waals surface area contributed by atoms with Crippen LogP contribution in [0.5, 0.6) is 0 Å². The molecule has 1 aromatic heterocycles. The summed E-state index contributed by atoms with van der Waals surface area (Å²) in [5.41, 5.74) is 1.75. The number of rotatable bonds is 5. The van der Waals surface area contributed by atoms with Crippen molar-refractivity contribution in [3.63, 3.8) is 0 Å². The van der Waals surface area contributed by atoms with E-state index in [0.29, 0.717) is 5.82 Å². The Bertz CT molecular complexity index is 748. The van der Waals surface area contributed by atoms with Gasteiger partial charge in [-0.2, -0.15) is 0 Å². The molecule has 1 fully saturated rings. The first-order chi connectivity index (χ1) is 12.1. The highest BCUT2D eigenvalue weighted by Crippen LogP contribution is 2.26. The minimum atomic E-state index is -0.415. The lowest BCUT2D eigenvalue weighted by molar-refractivity contribution is -0.384. The van der Waals surface area contributed by atoms with Crippen LogP contribution in [-0.2, 0) is 6.42 Å². The first-order valence-electron chi connectivity index (χ1n) is 8.59. The van der Waals surface area contributed by atoms with E-state index >= 15 is 0 Å². The van der Waals surface area contributed by atoms with E-state index in [1.54, 1.807) is 12.1 Å². The number of hydrogen-bond acceptors (Lipinski definition) is 6. The second kappa shape index (κ2) is 7.57. The number of hydrogen-bond donors (Lipinski definition) is 1. The molecule has 1 unspecified atom stereocenters. The number of aromatic nitrogens is 2. The number of benzene rings is 1. The predicted octanol–water partition coefficient (Wildman–Crippen LogP) is 2.82. The van der Waals surface area contributed by atoms with Crippen molar-refractivity contribution in [2.75, 3.05) is 24.6 Å². The van der Waals surface area contributed by atoms with Crippen molar-refractivity contribution in [1.29, 1.82) is 0 Å². The number of aliphatic hydroxyl groups is 1. The summed E-state index contributed by atoms with van der Waals surface area (Å²) in [4.78, 5) is 21.9. The molecule has 1 aromatic carbocycles. The Morgan fingerprint density at radius 1 is 1.32 bits per heavy atom. The topological polar surface area (TPSA) is 92.4 Å². The van der Waals surface area contributed by atoms with E-state index in [0.717, 1.165) is 49.4 Å². The summed E-state index contributed by atoms with van der Waals surface area (Å²) in [5, 5.41) is 20.3. The van der Waals surface area contributed by atoms with Gasteiger partial charge in [0.25, 0.3) is 5.69 Å². The number of aryl methyl sites for hydroxylation is 1. The molecule has 1 atom stereocenters. The summed E-state index contributed by atoms with van der Waals surface area (Å²) in [6.07, 6.45) is 2.85. The van der Waals surface area contributed by atoms with E-state index in [-0.39, 0.29) is 18.2 Å². The molecule has 3 rings (SSSR count). The molecule has 1 aliphatic rings. The highest BCUT2D eigenvalue weighted by Gasteiger charge is 2.21. The van der Waals surface area contributed by atoms with Crippen molar-refractivity contribution < 1.29 is 10.0 Å². The second-order valence-electron chi connectivity index (χ2n) is 6.34. The fourth-order valence-corrected chi connectivity index (χ4v) is 3.11. The molecule has 0 amide bonds. The molecule has 1 N–H and O–H groups in total. The standard InChI is InChI=1S/C18H22N4O3/c1-2-15-10-17(21-9-3-4-13(11-21)12-23)20-18(19-15)14-5-7-16(8-6-14)22(24)25/h5-8,10,13,23H,2-4,9,11-12H2,1H3. The first kappa shape index (κ1) is 17.3.